The third kappa shape index (κ3) is 4.35. The van der Waals surface area contributed by atoms with Crippen LogP contribution >= 0.6 is 0 Å². The van der Waals surface area contributed by atoms with Crippen LogP contribution < -0.4 is 16.4 Å². The van der Waals surface area contributed by atoms with E-state index in [0.29, 0.717) is 24.6 Å². The van der Waals surface area contributed by atoms with Crippen LogP contribution in [0, 0.1) is 0 Å². The lowest BCUT2D eigenvalue weighted by molar-refractivity contribution is -0.121. The Hall–Kier alpha value is -1.88. The molecule has 1 saturated heterocycles. The Labute approximate surface area is 118 Å². The molecule has 2 rings (SSSR count). The van der Waals surface area contributed by atoms with E-state index >= 15 is 0 Å². The van der Waals surface area contributed by atoms with Gasteiger partial charge in [-0.25, -0.2) is 0 Å². The molecule has 2 amide bonds. The van der Waals surface area contributed by atoms with Crippen LogP contribution in [0.1, 0.15) is 41.6 Å². The normalized spacial score (nSPS) is 17.9. The van der Waals surface area contributed by atoms with Crippen molar-refractivity contribution in [2.24, 2.45) is 5.73 Å². The van der Waals surface area contributed by atoms with E-state index in [1.807, 2.05) is 6.07 Å². The van der Waals surface area contributed by atoms with Crippen molar-refractivity contribution in [3.05, 3.63) is 35.4 Å². The maximum atomic E-state index is 11.8. The van der Waals surface area contributed by atoms with Gasteiger partial charge in [0.2, 0.25) is 11.8 Å². The van der Waals surface area contributed by atoms with Gasteiger partial charge in [-0.1, -0.05) is 12.1 Å². The van der Waals surface area contributed by atoms with Gasteiger partial charge in [-0.2, -0.15) is 0 Å². The monoisotopic (exact) mass is 275 g/mol. The lowest BCUT2D eigenvalue weighted by Gasteiger charge is -2.10. The summed E-state index contributed by atoms with van der Waals surface area (Å²) >= 11 is 0. The summed E-state index contributed by atoms with van der Waals surface area (Å²) in [5.74, 6) is -0.409. The Morgan fingerprint density at radius 1 is 1.40 bits per heavy atom. The van der Waals surface area contributed by atoms with Gasteiger partial charge < -0.3 is 16.4 Å². The molecule has 4 N–H and O–H groups in total. The molecule has 1 atom stereocenters. The van der Waals surface area contributed by atoms with Crippen LogP contribution in [0.2, 0.25) is 0 Å². The first-order chi connectivity index (χ1) is 9.65. The highest BCUT2D eigenvalue weighted by Gasteiger charge is 2.15. The van der Waals surface area contributed by atoms with Gasteiger partial charge in [0.25, 0.3) is 0 Å². The van der Waals surface area contributed by atoms with E-state index in [9.17, 15) is 9.59 Å². The van der Waals surface area contributed by atoms with Gasteiger partial charge in [-0.05, 0) is 43.5 Å². The fourth-order valence-electron chi connectivity index (χ4n) is 2.43. The molecule has 1 aliphatic rings. The van der Waals surface area contributed by atoms with Gasteiger partial charge in [0.15, 0.2) is 0 Å². The van der Waals surface area contributed by atoms with Crippen molar-refractivity contribution in [3.8, 4) is 0 Å². The maximum absolute atomic E-state index is 11.8. The molecule has 5 nitrogen and oxygen atoms in total. The van der Waals surface area contributed by atoms with Crippen LogP contribution in [0.25, 0.3) is 0 Å². The Balaban J connectivity index is 1.75. The third-order valence-corrected chi connectivity index (χ3v) is 3.58. The van der Waals surface area contributed by atoms with E-state index in [-0.39, 0.29) is 5.91 Å². The molecule has 0 aromatic heterocycles. The molecular formula is C15H21N3O2. The number of nitrogens with two attached hydrogens (primary N) is 1. The van der Waals surface area contributed by atoms with Gasteiger partial charge in [0.1, 0.15) is 0 Å². The number of hydrogen-bond acceptors (Lipinski definition) is 3. The SMILES string of the molecule is NC(=O)c1cccc(CNC(=O)CCC2CCCN2)c1. The van der Waals surface area contributed by atoms with Crippen molar-refractivity contribution < 1.29 is 9.59 Å². The number of carbonyl (C=O) groups is 2. The Bertz CT molecular complexity index is 482. The standard InChI is InChI=1S/C15H21N3O2/c16-15(20)12-4-1-3-11(9-12)10-18-14(19)7-6-13-5-2-8-17-13/h1,3-4,9,13,17H,2,5-8,10H2,(H2,16,20)(H,18,19). The predicted octanol–water partition coefficient (Wildman–Crippen LogP) is 0.934. The molecule has 20 heavy (non-hydrogen) atoms. The fourth-order valence-corrected chi connectivity index (χ4v) is 2.43. The zero-order valence-electron chi connectivity index (χ0n) is 11.5. The zero-order valence-corrected chi connectivity index (χ0v) is 11.5. The van der Waals surface area contributed by atoms with Crippen LogP contribution in [0.3, 0.4) is 0 Å². The van der Waals surface area contributed by atoms with Crippen LogP contribution in [0.4, 0.5) is 0 Å². The number of nitrogens with one attached hydrogen (secondary N) is 2. The number of amides is 2. The average Bonchev–Trinajstić information content (AvgIpc) is 2.96. The van der Waals surface area contributed by atoms with Gasteiger partial charge in [-0.15, -0.1) is 0 Å². The maximum Gasteiger partial charge on any atom is 0.248 e. The van der Waals surface area contributed by atoms with Gasteiger partial charge in [-0.3, -0.25) is 9.59 Å². The van der Waals surface area contributed by atoms with Crippen molar-refractivity contribution in [3.63, 3.8) is 0 Å². The quantitative estimate of drug-likeness (QED) is 0.722. The van der Waals surface area contributed by atoms with Crippen molar-refractivity contribution in [1.29, 1.82) is 0 Å². The molecule has 0 saturated carbocycles. The molecule has 0 bridgehead atoms. The van der Waals surface area contributed by atoms with Crippen LogP contribution in [0.15, 0.2) is 24.3 Å². The van der Waals surface area contributed by atoms with E-state index < -0.39 is 5.91 Å². The molecule has 1 aliphatic heterocycles. The molecule has 0 aliphatic carbocycles. The smallest absolute Gasteiger partial charge is 0.248 e. The van der Waals surface area contributed by atoms with Gasteiger partial charge in [0, 0.05) is 24.6 Å². The van der Waals surface area contributed by atoms with E-state index in [1.165, 1.54) is 6.42 Å². The van der Waals surface area contributed by atoms with E-state index in [0.717, 1.165) is 24.9 Å². The second-order valence-electron chi connectivity index (χ2n) is 5.17. The van der Waals surface area contributed by atoms with Crippen molar-refractivity contribution in [2.45, 2.75) is 38.3 Å². The van der Waals surface area contributed by atoms with Gasteiger partial charge in [0.05, 0.1) is 0 Å². The van der Waals surface area contributed by atoms with E-state index in [2.05, 4.69) is 10.6 Å². The Morgan fingerprint density at radius 3 is 2.95 bits per heavy atom. The summed E-state index contributed by atoms with van der Waals surface area (Å²) in [6.45, 7) is 1.49. The van der Waals surface area contributed by atoms with Crippen LogP contribution in [-0.2, 0) is 11.3 Å². The summed E-state index contributed by atoms with van der Waals surface area (Å²) in [5.41, 5.74) is 6.57. The zero-order chi connectivity index (χ0) is 14.4. The lowest BCUT2D eigenvalue weighted by Crippen LogP contribution is -2.27. The van der Waals surface area contributed by atoms with E-state index in [4.69, 9.17) is 5.73 Å². The first-order valence-electron chi connectivity index (χ1n) is 7.04. The highest BCUT2D eigenvalue weighted by molar-refractivity contribution is 5.92. The first-order valence-corrected chi connectivity index (χ1v) is 7.04. The summed E-state index contributed by atoms with van der Waals surface area (Å²) < 4.78 is 0. The molecule has 5 heteroatoms. The average molecular weight is 275 g/mol. The van der Waals surface area contributed by atoms with Crippen LogP contribution in [0.5, 0.6) is 0 Å². The molecule has 1 fully saturated rings. The van der Waals surface area contributed by atoms with E-state index in [1.54, 1.807) is 18.2 Å². The molecule has 1 unspecified atom stereocenters. The van der Waals surface area contributed by atoms with Crippen molar-refractivity contribution >= 4 is 11.8 Å². The fraction of sp³-hybridized carbons (Fsp3) is 0.467. The second-order valence-corrected chi connectivity index (χ2v) is 5.17. The summed E-state index contributed by atoms with van der Waals surface area (Å²) in [6, 6.07) is 7.49. The highest BCUT2D eigenvalue weighted by atomic mass is 16.1. The number of rotatable bonds is 6. The highest BCUT2D eigenvalue weighted by Crippen LogP contribution is 2.10. The molecule has 0 radical (unpaired) electrons. The minimum atomic E-state index is -0.453. The molecule has 1 aromatic carbocycles. The lowest BCUT2D eigenvalue weighted by atomic mass is 10.1. The largest absolute Gasteiger partial charge is 0.366 e. The molecule has 1 aromatic rings. The molecule has 108 valence electrons. The van der Waals surface area contributed by atoms with Crippen LogP contribution in [-0.4, -0.2) is 24.4 Å². The number of primary amides is 1. The summed E-state index contributed by atoms with van der Waals surface area (Å²) in [5, 5.41) is 6.24. The predicted molar refractivity (Wildman–Crippen MR) is 77.1 cm³/mol. The Morgan fingerprint density at radius 2 is 2.25 bits per heavy atom. The minimum absolute atomic E-state index is 0.0446. The number of carbonyl (C=O) groups excluding carboxylic acids is 2. The summed E-state index contributed by atoms with van der Waals surface area (Å²) in [7, 11) is 0. The molecular weight excluding hydrogens is 254 g/mol. The Kier molecular flexibility index (Phi) is 5.12. The van der Waals surface area contributed by atoms with Crippen molar-refractivity contribution in [2.75, 3.05) is 6.54 Å². The first kappa shape index (κ1) is 14.5. The second kappa shape index (κ2) is 7.05. The third-order valence-electron chi connectivity index (χ3n) is 3.58. The van der Waals surface area contributed by atoms with Crippen molar-refractivity contribution in [1.82, 2.24) is 10.6 Å². The van der Waals surface area contributed by atoms with Gasteiger partial charge >= 0.3 is 0 Å². The molecule has 0 spiro atoms. The minimum Gasteiger partial charge on any atom is -0.366 e. The number of benzene rings is 1. The number of hydrogen-bond donors (Lipinski definition) is 3. The summed E-state index contributed by atoms with van der Waals surface area (Å²) in [4.78, 5) is 22.8. The topological polar surface area (TPSA) is 84.2 Å². The molecule has 1 heterocycles. The summed E-state index contributed by atoms with van der Waals surface area (Å²) in [6.07, 6.45) is 3.78.